The van der Waals surface area contributed by atoms with Gasteiger partial charge < -0.3 is 35.3 Å². The highest BCUT2D eigenvalue weighted by Gasteiger charge is 2.37. The van der Waals surface area contributed by atoms with Crippen LogP contribution in [0.4, 0.5) is 0 Å². The maximum Gasteiger partial charge on any atom is 0.334 e. The Morgan fingerprint density at radius 3 is 2.16 bits per heavy atom. The second kappa shape index (κ2) is 13.2. The van der Waals surface area contributed by atoms with Crippen LogP contribution in [0.25, 0.3) is 10.9 Å². The number of esters is 1. The molecule has 3 aromatic carbocycles. The lowest BCUT2D eigenvalue weighted by Gasteiger charge is -2.30. The fraction of sp³-hybridized carbons (Fsp3) is 0.294. The highest BCUT2D eigenvalue weighted by Crippen LogP contribution is 2.45. The van der Waals surface area contributed by atoms with Gasteiger partial charge in [0, 0.05) is 48.0 Å². The molecule has 1 fully saturated rings. The number of aromatic hydroxyl groups is 2. The summed E-state index contributed by atoms with van der Waals surface area (Å²) in [4.78, 5) is 55.0. The number of para-hydroxylation sites is 1. The fourth-order valence-corrected chi connectivity index (χ4v) is 5.99. The Hall–Kier alpha value is -5.16. The van der Waals surface area contributed by atoms with Crippen LogP contribution >= 0.6 is 0 Å². The number of ketones is 1. The predicted molar refractivity (Wildman–Crippen MR) is 165 cm³/mol. The summed E-state index contributed by atoms with van der Waals surface area (Å²) in [5.41, 5.74) is 2.66. The van der Waals surface area contributed by atoms with Crippen LogP contribution in [0.5, 0.6) is 11.5 Å². The Morgan fingerprint density at radius 2 is 1.51 bits per heavy atom. The van der Waals surface area contributed by atoms with Crippen LogP contribution in [0.15, 0.2) is 66.7 Å². The van der Waals surface area contributed by atoms with Gasteiger partial charge >= 0.3 is 5.97 Å². The number of phenolic OH excluding ortho intramolecular Hbond substituents is 2. The van der Waals surface area contributed by atoms with Gasteiger partial charge in [0.25, 0.3) is 0 Å². The normalized spacial score (nSPS) is 17.8. The number of H-pyrrole nitrogens is 1. The van der Waals surface area contributed by atoms with Gasteiger partial charge in [-0.2, -0.15) is 0 Å². The summed E-state index contributed by atoms with van der Waals surface area (Å²) >= 11 is 0. The Morgan fingerprint density at radius 1 is 0.867 bits per heavy atom. The van der Waals surface area contributed by atoms with Crippen molar-refractivity contribution in [1.29, 1.82) is 0 Å². The number of amides is 2. The molecule has 2 heterocycles. The number of fused-ring (bicyclic) bond motifs is 1. The number of aromatic nitrogens is 1. The lowest BCUT2D eigenvalue weighted by Crippen LogP contribution is -2.62. The van der Waals surface area contributed by atoms with E-state index in [0.29, 0.717) is 23.2 Å². The van der Waals surface area contributed by atoms with Crippen LogP contribution in [-0.4, -0.2) is 71.2 Å². The first-order valence-corrected chi connectivity index (χ1v) is 14.5. The first kappa shape index (κ1) is 31.3. The summed E-state index contributed by atoms with van der Waals surface area (Å²) in [5, 5.41) is 28.8. The van der Waals surface area contributed by atoms with Crippen molar-refractivity contribution in [3.8, 4) is 11.5 Å². The molecule has 2 amide bonds. The van der Waals surface area contributed by atoms with Crippen molar-refractivity contribution < 1.29 is 38.9 Å². The molecule has 11 heteroatoms. The maximum atomic E-state index is 13.4. The minimum atomic E-state index is -1.12. The fourth-order valence-electron chi connectivity index (χ4n) is 5.99. The van der Waals surface area contributed by atoms with Crippen molar-refractivity contribution in [3.63, 3.8) is 0 Å². The van der Waals surface area contributed by atoms with Crippen molar-refractivity contribution in [2.24, 2.45) is 0 Å². The number of carbonyl (C=O) groups is 4. The number of Topliss-reactive ketones (excluding diaryl/α,β-unsaturated/α-hetero) is 1. The van der Waals surface area contributed by atoms with Crippen LogP contribution in [0.2, 0.25) is 0 Å². The van der Waals surface area contributed by atoms with Crippen molar-refractivity contribution in [3.05, 3.63) is 94.7 Å². The number of piperazine rings is 1. The first-order valence-electron chi connectivity index (χ1n) is 14.5. The van der Waals surface area contributed by atoms with Gasteiger partial charge in [-0.15, -0.1) is 0 Å². The topological polar surface area (TPSA) is 167 Å². The van der Waals surface area contributed by atoms with Crippen molar-refractivity contribution in [1.82, 2.24) is 15.6 Å². The molecular weight excluding hydrogens is 578 g/mol. The van der Waals surface area contributed by atoms with Gasteiger partial charge in [0.15, 0.2) is 11.9 Å². The van der Waals surface area contributed by atoms with Crippen LogP contribution < -0.4 is 10.6 Å². The minimum Gasteiger partial charge on any atom is -0.508 e. The Labute approximate surface area is 259 Å². The van der Waals surface area contributed by atoms with Gasteiger partial charge in [0.1, 0.15) is 23.6 Å². The first-order chi connectivity index (χ1) is 21.6. The van der Waals surface area contributed by atoms with Crippen molar-refractivity contribution in [2.45, 2.75) is 50.3 Å². The molecule has 1 saturated heterocycles. The third-order valence-electron chi connectivity index (χ3n) is 8.27. The summed E-state index contributed by atoms with van der Waals surface area (Å²) in [6.07, 6.45) is -0.832. The monoisotopic (exact) mass is 613 g/mol. The Bertz CT molecular complexity index is 1750. The number of aromatic amines is 1. The summed E-state index contributed by atoms with van der Waals surface area (Å²) in [7, 11) is 2.56. The van der Waals surface area contributed by atoms with E-state index in [-0.39, 0.29) is 41.5 Å². The van der Waals surface area contributed by atoms with Crippen molar-refractivity contribution >= 4 is 34.5 Å². The zero-order chi connectivity index (χ0) is 32.2. The SMILES string of the molecule is COC(=O)C(C[C@H](c1[nH]c2ccccc2c1C[C@@H]1NC(=O)[C@@H](Cc2ccccc2)NC1=O)c1c(O)ccc(C(C)=O)c1O)OC. The van der Waals surface area contributed by atoms with Gasteiger partial charge in [-0.05, 0) is 42.7 Å². The number of ether oxygens (including phenoxy) is 2. The van der Waals surface area contributed by atoms with Gasteiger partial charge in [-0.1, -0.05) is 48.5 Å². The number of hydrogen-bond acceptors (Lipinski definition) is 8. The van der Waals surface area contributed by atoms with E-state index in [9.17, 15) is 29.4 Å². The maximum absolute atomic E-state index is 13.4. The third-order valence-corrected chi connectivity index (χ3v) is 8.27. The van der Waals surface area contributed by atoms with E-state index in [1.54, 1.807) is 0 Å². The molecule has 1 aromatic heterocycles. The number of rotatable bonds is 11. The molecule has 45 heavy (non-hydrogen) atoms. The molecule has 4 aromatic rings. The molecule has 0 bridgehead atoms. The van der Waals surface area contributed by atoms with Crippen LogP contribution in [0, 0.1) is 0 Å². The third kappa shape index (κ3) is 6.39. The molecule has 0 aliphatic carbocycles. The molecule has 1 aliphatic rings. The second-order valence-electron chi connectivity index (χ2n) is 11.1. The number of nitrogens with one attached hydrogen (secondary N) is 3. The average Bonchev–Trinajstić information content (AvgIpc) is 3.39. The molecule has 0 radical (unpaired) electrons. The molecular formula is C34H35N3O8. The van der Waals surface area contributed by atoms with Crippen LogP contribution in [-0.2, 0) is 36.7 Å². The largest absolute Gasteiger partial charge is 0.508 e. The summed E-state index contributed by atoms with van der Waals surface area (Å²) in [6.45, 7) is 1.29. The zero-order valence-electron chi connectivity index (χ0n) is 25.1. The summed E-state index contributed by atoms with van der Waals surface area (Å²) in [6, 6.07) is 17.7. The molecule has 4 atom stereocenters. The number of hydrogen-bond donors (Lipinski definition) is 5. The standard InChI is InChI=1S/C34H35N3O8/c1-18(38)20-13-14-27(39)29(31(20)40)23(17-28(44-2)34(43)45-3)30-22(21-11-7-8-12-24(21)35-30)16-26-33(42)36-25(32(41)37-26)15-19-9-5-4-6-10-19/h4-14,23,25-26,28,35,39-40H,15-17H2,1-3H3,(H,36,42)(H,37,41)/t23-,25+,26-,28?/m0/s1. The molecule has 0 saturated carbocycles. The van der Waals surface area contributed by atoms with E-state index in [0.717, 1.165) is 10.9 Å². The Kier molecular flexibility index (Phi) is 9.19. The highest BCUT2D eigenvalue weighted by molar-refractivity contribution is 5.99. The van der Waals surface area contributed by atoms with Crippen molar-refractivity contribution in [2.75, 3.05) is 14.2 Å². The van der Waals surface area contributed by atoms with E-state index in [4.69, 9.17) is 9.47 Å². The highest BCUT2D eigenvalue weighted by atomic mass is 16.6. The lowest BCUT2D eigenvalue weighted by atomic mass is 9.84. The number of methoxy groups -OCH3 is 2. The average molecular weight is 614 g/mol. The van der Waals surface area contributed by atoms with Crippen LogP contribution in [0.1, 0.15) is 52.0 Å². The summed E-state index contributed by atoms with van der Waals surface area (Å²) in [5.74, 6) is -3.47. The number of phenols is 2. The van der Waals surface area contributed by atoms with Gasteiger partial charge in [-0.25, -0.2) is 4.79 Å². The summed E-state index contributed by atoms with van der Waals surface area (Å²) < 4.78 is 10.4. The Balaban J connectivity index is 1.58. The number of carbonyl (C=O) groups excluding carboxylic acids is 4. The smallest absolute Gasteiger partial charge is 0.334 e. The van der Waals surface area contributed by atoms with Gasteiger partial charge in [0.05, 0.1) is 12.7 Å². The predicted octanol–water partition coefficient (Wildman–Crippen LogP) is 3.26. The van der Waals surface area contributed by atoms with E-state index >= 15 is 0 Å². The molecule has 0 spiro atoms. The van der Waals surface area contributed by atoms with E-state index in [1.807, 2.05) is 54.6 Å². The molecule has 11 nitrogen and oxygen atoms in total. The molecule has 5 N–H and O–H groups in total. The van der Waals surface area contributed by atoms with Crippen LogP contribution in [0.3, 0.4) is 0 Å². The second-order valence-corrected chi connectivity index (χ2v) is 11.1. The molecule has 234 valence electrons. The zero-order valence-corrected chi connectivity index (χ0v) is 25.1. The van der Waals surface area contributed by atoms with E-state index in [2.05, 4.69) is 15.6 Å². The molecule has 1 aliphatic heterocycles. The molecule has 1 unspecified atom stereocenters. The van der Waals surface area contributed by atoms with E-state index < -0.39 is 41.6 Å². The quantitative estimate of drug-likeness (QED) is 0.127. The van der Waals surface area contributed by atoms with Gasteiger partial charge in [-0.3, -0.25) is 14.4 Å². The molecule has 5 rings (SSSR count). The van der Waals surface area contributed by atoms with Gasteiger partial charge in [0.2, 0.25) is 11.8 Å². The number of benzene rings is 3. The lowest BCUT2D eigenvalue weighted by molar-refractivity contribution is -0.152. The van der Waals surface area contributed by atoms with E-state index in [1.165, 1.54) is 33.3 Å². The minimum absolute atomic E-state index is 0.00140.